The van der Waals surface area contributed by atoms with Gasteiger partial charge in [0, 0.05) is 18.1 Å². The van der Waals surface area contributed by atoms with Crippen LogP contribution < -0.4 is 5.32 Å². The zero-order valence-electron chi connectivity index (χ0n) is 12.2. The van der Waals surface area contributed by atoms with Gasteiger partial charge < -0.3 is 5.32 Å². The molecule has 0 saturated carbocycles. The van der Waals surface area contributed by atoms with Crippen molar-refractivity contribution in [2.45, 2.75) is 69.5 Å². The highest BCUT2D eigenvalue weighted by atomic mass is 32.2. The fourth-order valence-corrected chi connectivity index (χ4v) is 4.26. The third-order valence-electron chi connectivity index (χ3n) is 4.81. The largest absolute Gasteiger partial charge is 0.317 e. The van der Waals surface area contributed by atoms with Crippen molar-refractivity contribution in [2.24, 2.45) is 0 Å². The minimum Gasteiger partial charge on any atom is -0.317 e. The summed E-state index contributed by atoms with van der Waals surface area (Å²) in [7, 11) is 2.13. The molecule has 18 heavy (non-hydrogen) atoms. The predicted molar refractivity (Wildman–Crippen MR) is 82.4 cm³/mol. The average Bonchev–Trinajstić information content (AvgIpc) is 2.63. The number of nitrogens with zero attached hydrogens (tertiary/aromatic N) is 1. The van der Waals surface area contributed by atoms with Gasteiger partial charge in [-0.1, -0.05) is 12.8 Å². The first-order chi connectivity index (χ1) is 8.85. The van der Waals surface area contributed by atoms with Crippen LogP contribution in [0, 0.1) is 0 Å². The van der Waals surface area contributed by atoms with Gasteiger partial charge in [-0.05, 0) is 64.1 Å². The molecule has 0 aliphatic carbocycles. The van der Waals surface area contributed by atoms with Gasteiger partial charge in [0.05, 0.1) is 0 Å². The highest BCUT2D eigenvalue weighted by molar-refractivity contribution is 7.98. The number of piperidine rings is 1. The Morgan fingerprint density at radius 1 is 1.06 bits per heavy atom. The maximum Gasteiger partial charge on any atom is 0.0114 e. The summed E-state index contributed by atoms with van der Waals surface area (Å²) >= 11 is 1.98. The fourth-order valence-electron chi connectivity index (χ4n) is 3.77. The summed E-state index contributed by atoms with van der Waals surface area (Å²) in [5, 5.41) is 3.49. The van der Waals surface area contributed by atoms with E-state index >= 15 is 0 Å². The van der Waals surface area contributed by atoms with Gasteiger partial charge in [0.1, 0.15) is 0 Å². The van der Waals surface area contributed by atoms with Gasteiger partial charge in [-0.15, -0.1) is 0 Å². The molecule has 0 aromatic rings. The third kappa shape index (κ3) is 3.88. The van der Waals surface area contributed by atoms with Crippen LogP contribution in [0.4, 0.5) is 0 Å². The Kier molecular flexibility index (Phi) is 6.33. The van der Waals surface area contributed by atoms with Crippen LogP contribution in [0.2, 0.25) is 0 Å². The van der Waals surface area contributed by atoms with Crippen LogP contribution in [0.3, 0.4) is 0 Å². The molecule has 1 N–H and O–H groups in total. The Morgan fingerprint density at radius 2 is 1.72 bits per heavy atom. The number of hydrogen-bond acceptors (Lipinski definition) is 3. The van der Waals surface area contributed by atoms with Crippen LogP contribution in [0.15, 0.2) is 0 Å². The van der Waals surface area contributed by atoms with Crippen molar-refractivity contribution < 1.29 is 0 Å². The monoisotopic (exact) mass is 270 g/mol. The molecule has 2 heterocycles. The third-order valence-corrected chi connectivity index (χ3v) is 5.50. The van der Waals surface area contributed by atoms with Crippen molar-refractivity contribution in [3.05, 3.63) is 0 Å². The summed E-state index contributed by atoms with van der Waals surface area (Å²) < 4.78 is 0. The van der Waals surface area contributed by atoms with Crippen molar-refractivity contribution in [1.82, 2.24) is 10.2 Å². The number of rotatable bonds is 8. The van der Waals surface area contributed by atoms with Gasteiger partial charge in [-0.2, -0.15) is 11.8 Å². The number of unbranched alkanes of at least 4 members (excludes halogenated alkanes) is 3. The molecule has 0 spiro atoms. The summed E-state index contributed by atoms with van der Waals surface area (Å²) in [4.78, 5) is 2.84. The molecular weight excluding hydrogens is 240 g/mol. The van der Waals surface area contributed by atoms with Crippen LogP contribution in [-0.2, 0) is 0 Å². The van der Waals surface area contributed by atoms with Crippen LogP contribution in [0.5, 0.6) is 0 Å². The summed E-state index contributed by atoms with van der Waals surface area (Å²) in [5.41, 5.74) is 0. The molecule has 2 aliphatic rings. The molecule has 106 valence electrons. The molecule has 2 aliphatic heterocycles. The van der Waals surface area contributed by atoms with E-state index in [0.717, 1.165) is 18.1 Å². The van der Waals surface area contributed by atoms with Crippen molar-refractivity contribution >= 4 is 11.8 Å². The maximum atomic E-state index is 3.49. The van der Waals surface area contributed by atoms with E-state index in [1.807, 2.05) is 11.8 Å². The topological polar surface area (TPSA) is 15.3 Å². The summed E-state index contributed by atoms with van der Waals surface area (Å²) in [6.07, 6.45) is 13.6. The van der Waals surface area contributed by atoms with Gasteiger partial charge >= 0.3 is 0 Å². The van der Waals surface area contributed by atoms with Crippen LogP contribution >= 0.6 is 11.8 Å². The number of thioether (sulfide) groups is 1. The fraction of sp³-hybridized carbons (Fsp3) is 1.00. The van der Waals surface area contributed by atoms with Gasteiger partial charge in [-0.3, -0.25) is 4.90 Å². The Bertz CT molecular complexity index is 221. The quantitative estimate of drug-likeness (QED) is 0.682. The van der Waals surface area contributed by atoms with E-state index in [9.17, 15) is 0 Å². The number of nitrogens with one attached hydrogen (secondary N) is 1. The lowest BCUT2D eigenvalue weighted by Gasteiger charge is -2.39. The lowest BCUT2D eigenvalue weighted by atomic mass is 9.97. The van der Waals surface area contributed by atoms with E-state index in [2.05, 4.69) is 23.5 Å². The molecule has 2 atom stereocenters. The van der Waals surface area contributed by atoms with E-state index in [1.54, 1.807) is 0 Å². The highest BCUT2D eigenvalue weighted by Crippen LogP contribution is 2.35. The zero-order valence-corrected chi connectivity index (χ0v) is 13.0. The van der Waals surface area contributed by atoms with Crippen molar-refractivity contribution in [1.29, 1.82) is 0 Å². The molecule has 2 rings (SSSR count). The predicted octanol–water partition coefficient (Wildman–Crippen LogP) is 3.12. The highest BCUT2D eigenvalue weighted by Gasteiger charge is 2.39. The van der Waals surface area contributed by atoms with Gasteiger partial charge in [0.15, 0.2) is 0 Å². The number of fused-ring (bicyclic) bond motifs is 2. The Labute approximate surface area is 117 Å². The second kappa shape index (κ2) is 7.76. The van der Waals surface area contributed by atoms with E-state index in [4.69, 9.17) is 0 Å². The first-order valence-corrected chi connectivity index (χ1v) is 9.16. The molecule has 2 bridgehead atoms. The Morgan fingerprint density at radius 3 is 2.33 bits per heavy atom. The second-order valence-electron chi connectivity index (χ2n) is 5.99. The van der Waals surface area contributed by atoms with Gasteiger partial charge in [-0.25, -0.2) is 0 Å². The molecule has 2 unspecified atom stereocenters. The van der Waals surface area contributed by atoms with Crippen LogP contribution in [0.25, 0.3) is 0 Å². The smallest absolute Gasteiger partial charge is 0.0114 e. The standard InChI is InChI=1S/C15H30N2S/c1-16-13-11-14-7-8-15(12-13)17(14)9-5-3-4-6-10-18-2/h13-16H,3-12H2,1-2H3. The molecular formula is C15H30N2S. The summed E-state index contributed by atoms with van der Waals surface area (Å²) in [5.74, 6) is 1.35. The van der Waals surface area contributed by atoms with Crippen LogP contribution in [0.1, 0.15) is 51.4 Å². The zero-order chi connectivity index (χ0) is 12.8. The lowest BCUT2D eigenvalue weighted by molar-refractivity contribution is 0.117. The maximum absolute atomic E-state index is 3.49. The molecule has 2 nitrogen and oxygen atoms in total. The van der Waals surface area contributed by atoms with E-state index in [-0.39, 0.29) is 0 Å². The first kappa shape index (κ1) is 14.7. The van der Waals surface area contributed by atoms with Crippen LogP contribution in [-0.4, -0.2) is 48.6 Å². The van der Waals surface area contributed by atoms with Gasteiger partial charge in [0.25, 0.3) is 0 Å². The molecule has 0 aromatic heterocycles. The normalized spacial score (nSPS) is 32.0. The number of hydrogen-bond donors (Lipinski definition) is 1. The molecule has 3 heteroatoms. The minimum atomic E-state index is 0.792. The van der Waals surface area contributed by atoms with Crippen molar-refractivity contribution in [3.63, 3.8) is 0 Å². The SMILES string of the molecule is CNC1CC2CCC(C1)N2CCCCCCSC. The van der Waals surface area contributed by atoms with E-state index in [0.29, 0.717) is 0 Å². The molecule has 2 fully saturated rings. The van der Waals surface area contributed by atoms with E-state index < -0.39 is 0 Å². The molecule has 0 aromatic carbocycles. The summed E-state index contributed by atoms with van der Waals surface area (Å²) in [6.45, 7) is 1.37. The summed E-state index contributed by atoms with van der Waals surface area (Å²) in [6, 6.07) is 2.58. The lowest BCUT2D eigenvalue weighted by Crippen LogP contribution is -2.48. The molecule has 2 saturated heterocycles. The molecule has 0 radical (unpaired) electrons. The Hall–Kier alpha value is 0.270. The molecule has 0 amide bonds. The first-order valence-electron chi connectivity index (χ1n) is 7.77. The van der Waals surface area contributed by atoms with Crippen molar-refractivity contribution in [3.8, 4) is 0 Å². The second-order valence-corrected chi connectivity index (χ2v) is 6.97. The van der Waals surface area contributed by atoms with Gasteiger partial charge in [0.2, 0.25) is 0 Å². The Balaban J connectivity index is 1.62. The van der Waals surface area contributed by atoms with E-state index in [1.165, 1.54) is 63.7 Å². The average molecular weight is 270 g/mol. The minimum absolute atomic E-state index is 0.792. The van der Waals surface area contributed by atoms with Crippen molar-refractivity contribution in [2.75, 3.05) is 25.6 Å².